The van der Waals surface area contributed by atoms with Crippen molar-refractivity contribution in [2.75, 3.05) is 0 Å². The lowest BCUT2D eigenvalue weighted by Gasteiger charge is -2.03. The van der Waals surface area contributed by atoms with Crippen molar-refractivity contribution < 1.29 is 4.79 Å². The zero-order chi connectivity index (χ0) is 14.9. The summed E-state index contributed by atoms with van der Waals surface area (Å²) in [7, 11) is 0. The first-order chi connectivity index (χ1) is 10.8. The van der Waals surface area contributed by atoms with Crippen molar-refractivity contribution in [1.29, 1.82) is 0 Å². The van der Waals surface area contributed by atoms with Crippen LogP contribution in [-0.2, 0) is 6.54 Å². The molecule has 0 aliphatic rings. The predicted octanol–water partition coefficient (Wildman–Crippen LogP) is 2.14. The summed E-state index contributed by atoms with van der Waals surface area (Å²) in [5, 5.41) is 7.29. The number of nitrogens with one attached hydrogen (secondary N) is 2. The zero-order valence-corrected chi connectivity index (χ0v) is 11.7. The fourth-order valence-corrected chi connectivity index (χ4v) is 2.43. The van der Waals surface area contributed by atoms with E-state index >= 15 is 0 Å². The highest BCUT2D eigenvalue weighted by atomic mass is 16.1. The third-order valence-electron chi connectivity index (χ3n) is 3.53. The van der Waals surface area contributed by atoms with Crippen LogP contribution in [0, 0.1) is 0 Å². The Labute approximate surface area is 125 Å². The second-order valence-corrected chi connectivity index (χ2v) is 5.02. The number of benzene rings is 1. The summed E-state index contributed by atoms with van der Waals surface area (Å²) in [5.41, 5.74) is 4.12. The first-order valence-electron chi connectivity index (χ1n) is 6.94. The monoisotopic (exact) mass is 291 g/mol. The van der Waals surface area contributed by atoms with Gasteiger partial charge in [0.05, 0.1) is 35.1 Å². The summed E-state index contributed by atoms with van der Waals surface area (Å²) in [6, 6.07) is 13.2. The van der Waals surface area contributed by atoms with E-state index < -0.39 is 0 Å². The van der Waals surface area contributed by atoms with Crippen LogP contribution in [0.3, 0.4) is 0 Å². The molecule has 0 saturated heterocycles. The summed E-state index contributed by atoms with van der Waals surface area (Å²) >= 11 is 0. The van der Waals surface area contributed by atoms with E-state index in [9.17, 15) is 4.79 Å². The van der Waals surface area contributed by atoms with Gasteiger partial charge in [-0.25, -0.2) is 9.50 Å². The Balaban J connectivity index is 1.51. The SMILES string of the molecule is O=C(NCc1cc2ccccn2n1)c1ccc2nc[nH]c2c1. The third-order valence-corrected chi connectivity index (χ3v) is 3.53. The van der Waals surface area contributed by atoms with Gasteiger partial charge in [-0.05, 0) is 36.4 Å². The van der Waals surface area contributed by atoms with E-state index in [2.05, 4.69) is 20.4 Å². The molecule has 22 heavy (non-hydrogen) atoms. The first kappa shape index (κ1) is 12.6. The quantitative estimate of drug-likeness (QED) is 0.607. The maximum Gasteiger partial charge on any atom is 0.251 e. The van der Waals surface area contributed by atoms with Gasteiger partial charge in [0.2, 0.25) is 0 Å². The summed E-state index contributed by atoms with van der Waals surface area (Å²) in [6.45, 7) is 0.390. The minimum atomic E-state index is -0.131. The Morgan fingerprint density at radius 1 is 1.23 bits per heavy atom. The number of imidazole rings is 1. The number of pyridine rings is 1. The highest BCUT2D eigenvalue weighted by Crippen LogP contribution is 2.12. The van der Waals surface area contributed by atoms with Crippen molar-refractivity contribution in [3.8, 4) is 0 Å². The van der Waals surface area contributed by atoms with Gasteiger partial charge >= 0.3 is 0 Å². The van der Waals surface area contributed by atoms with Gasteiger partial charge in [0, 0.05) is 11.8 Å². The normalized spacial score (nSPS) is 11.1. The second kappa shape index (κ2) is 5.00. The van der Waals surface area contributed by atoms with E-state index in [-0.39, 0.29) is 5.91 Å². The van der Waals surface area contributed by atoms with Crippen LogP contribution in [0.15, 0.2) is 55.0 Å². The van der Waals surface area contributed by atoms with Crippen LogP contribution in [0.25, 0.3) is 16.6 Å². The number of H-pyrrole nitrogens is 1. The lowest BCUT2D eigenvalue weighted by atomic mass is 10.2. The number of nitrogens with zero attached hydrogens (tertiary/aromatic N) is 3. The Kier molecular flexibility index (Phi) is 2.86. The first-order valence-corrected chi connectivity index (χ1v) is 6.94. The van der Waals surface area contributed by atoms with Crippen LogP contribution in [-0.4, -0.2) is 25.5 Å². The van der Waals surface area contributed by atoms with Crippen LogP contribution in [0.4, 0.5) is 0 Å². The number of fused-ring (bicyclic) bond motifs is 2. The molecule has 3 aromatic heterocycles. The molecule has 0 aliphatic carbocycles. The number of aromatic amines is 1. The predicted molar refractivity (Wildman–Crippen MR) is 82.5 cm³/mol. The number of aromatic nitrogens is 4. The number of hydrogen-bond acceptors (Lipinski definition) is 3. The molecule has 0 spiro atoms. The standard InChI is InChI=1S/C16H13N5O/c22-16(11-4-5-14-15(7-11)19-10-18-14)17-9-12-8-13-3-1-2-6-21(13)20-12/h1-8,10H,9H2,(H,17,22)(H,18,19). The molecule has 0 atom stereocenters. The van der Waals surface area contributed by atoms with Crippen LogP contribution in [0.2, 0.25) is 0 Å². The van der Waals surface area contributed by atoms with Crippen molar-refractivity contribution in [3.05, 3.63) is 66.2 Å². The van der Waals surface area contributed by atoms with E-state index in [4.69, 9.17) is 0 Å². The van der Waals surface area contributed by atoms with Gasteiger partial charge in [-0.3, -0.25) is 4.79 Å². The number of carbonyl (C=O) groups is 1. The maximum absolute atomic E-state index is 12.2. The third kappa shape index (κ3) is 2.20. The van der Waals surface area contributed by atoms with E-state index in [1.165, 1.54) is 0 Å². The zero-order valence-electron chi connectivity index (χ0n) is 11.7. The Morgan fingerprint density at radius 2 is 2.18 bits per heavy atom. The molecule has 0 radical (unpaired) electrons. The maximum atomic E-state index is 12.2. The molecule has 2 N–H and O–H groups in total. The summed E-state index contributed by atoms with van der Waals surface area (Å²) < 4.78 is 1.79. The van der Waals surface area contributed by atoms with Crippen LogP contribution < -0.4 is 5.32 Å². The lowest BCUT2D eigenvalue weighted by molar-refractivity contribution is 0.0950. The molecule has 0 fully saturated rings. The molecule has 6 heteroatoms. The molecular weight excluding hydrogens is 278 g/mol. The number of hydrogen-bond donors (Lipinski definition) is 2. The average Bonchev–Trinajstić information content (AvgIpc) is 3.17. The van der Waals surface area contributed by atoms with Gasteiger partial charge < -0.3 is 10.3 Å². The molecule has 6 nitrogen and oxygen atoms in total. The van der Waals surface area contributed by atoms with Gasteiger partial charge in [-0.2, -0.15) is 5.10 Å². The molecule has 0 aliphatic heterocycles. The Morgan fingerprint density at radius 3 is 3.09 bits per heavy atom. The summed E-state index contributed by atoms with van der Waals surface area (Å²) in [4.78, 5) is 19.4. The van der Waals surface area contributed by atoms with Crippen molar-refractivity contribution in [1.82, 2.24) is 24.9 Å². The summed E-state index contributed by atoms with van der Waals surface area (Å²) in [6.07, 6.45) is 3.50. The van der Waals surface area contributed by atoms with E-state index in [1.54, 1.807) is 23.0 Å². The number of rotatable bonds is 3. The van der Waals surface area contributed by atoms with Gasteiger partial charge in [0.25, 0.3) is 5.91 Å². The molecule has 4 aromatic rings. The number of carbonyl (C=O) groups excluding carboxylic acids is 1. The molecule has 3 heterocycles. The molecule has 0 saturated carbocycles. The fraction of sp³-hybridized carbons (Fsp3) is 0.0625. The average molecular weight is 291 g/mol. The van der Waals surface area contributed by atoms with Gasteiger partial charge in [-0.15, -0.1) is 0 Å². The number of amides is 1. The van der Waals surface area contributed by atoms with Crippen molar-refractivity contribution in [2.45, 2.75) is 6.54 Å². The van der Waals surface area contributed by atoms with E-state index in [0.29, 0.717) is 12.1 Å². The lowest BCUT2D eigenvalue weighted by Crippen LogP contribution is -2.22. The Bertz CT molecular complexity index is 936. The summed E-state index contributed by atoms with van der Waals surface area (Å²) in [5.74, 6) is -0.131. The smallest absolute Gasteiger partial charge is 0.251 e. The molecule has 4 rings (SSSR count). The topological polar surface area (TPSA) is 75.1 Å². The van der Waals surface area contributed by atoms with Crippen LogP contribution in [0.5, 0.6) is 0 Å². The minimum Gasteiger partial charge on any atom is -0.346 e. The van der Waals surface area contributed by atoms with E-state index in [1.807, 2.05) is 36.5 Å². The largest absolute Gasteiger partial charge is 0.346 e. The minimum absolute atomic E-state index is 0.131. The van der Waals surface area contributed by atoms with Crippen molar-refractivity contribution >= 4 is 22.5 Å². The van der Waals surface area contributed by atoms with Crippen molar-refractivity contribution in [2.24, 2.45) is 0 Å². The van der Waals surface area contributed by atoms with Gasteiger partial charge in [-0.1, -0.05) is 6.07 Å². The van der Waals surface area contributed by atoms with Crippen LogP contribution in [0.1, 0.15) is 16.1 Å². The highest BCUT2D eigenvalue weighted by Gasteiger charge is 2.08. The van der Waals surface area contributed by atoms with Gasteiger partial charge in [0.15, 0.2) is 0 Å². The molecule has 1 amide bonds. The molecule has 0 bridgehead atoms. The molecule has 108 valence electrons. The highest BCUT2D eigenvalue weighted by molar-refractivity contribution is 5.97. The van der Waals surface area contributed by atoms with Crippen molar-refractivity contribution in [3.63, 3.8) is 0 Å². The Hall–Kier alpha value is -3.15. The molecule has 1 aromatic carbocycles. The molecular formula is C16H13N5O. The van der Waals surface area contributed by atoms with Crippen LogP contribution >= 0.6 is 0 Å². The fourth-order valence-electron chi connectivity index (χ4n) is 2.43. The van der Waals surface area contributed by atoms with E-state index in [0.717, 1.165) is 22.2 Å². The second-order valence-electron chi connectivity index (χ2n) is 5.02. The van der Waals surface area contributed by atoms with Gasteiger partial charge in [0.1, 0.15) is 0 Å². The molecule has 0 unspecified atom stereocenters.